The Morgan fingerprint density at radius 2 is 1.96 bits per heavy atom. The summed E-state index contributed by atoms with van der Waals surface area (Å²) in [5, 5.41) is 0.0483. The quantitative estimate of drug-likeness (QED) is 0.811. The lowest BCUT2D eigenvalue weighted by Crippen LogP contribution is -2.31. The van der Waals surface area contributed by atoms with E-state index in [0.29, 0.717) is 11.7 Å². The first-order chi connectivity index (χ1) is 12.0. The lowest BCUT2D eigenvalue weighted by Gasteiger charge is -2.27. The zero-order chi connectivity index (χ0) is 18.0. The largest absolute Gasteiger partial charge is 0.378 e. The third kappa shape index (κ3) is 3.82. The average Bonchev–Trinajstić information content (AvgIpc) is 2.95. The van der Waals surface area contributed by atoms with Crippen LogP contribution < -0.4 is 4.90 Å². The molecule has 2 aromatic rings. The van der Waals surface area contributed by atoms with E-state index in [1.54, 1.807) is 11.8 Å². The van der Waals surface area contributed by atoms with Gasteiger partial charge in [-0.05, 0) is 35.2 Å². The summed E-state index contributed by atoms with van der Waals surface area (Å²) in [7, 11) is 4.08. The number of rotatable bonds is 5. The summed E-state index contributed by atoms with van der Waals surface area (Å²) in [5.74, 6) is 1.22. The predicted octanol–water partition coefficient (Wildman–Crippen LogP) is 4.04. The molecule has 1 aliphatic heterocycles. The number of hydrogen-bond donors (Lipinski definition) is 0. The molecule has 1 unspecified atom stereocenters. The predicted molar refractivity (Wildman–Crippen MR) is 106 cm³/mol. The molecule has 2 heterocycles. The van der Waals surface area contributed by atoms with Crippen LogP contribution in [-0.4, -0.2) is 42.2 Å². The SMILES string of the molecule is CC(C)CN1C(=O)CSC1c1cnccc1-c1ccc(N(C)C)cc1. The maximum absolute atomic E-state index is 12.3. The highest BCUT2D eigenvalue weighted by Crippen LogP contribution is 2.42. The molecule has 3 rings (SSSR count). The van der Waals surface area contributed by atoms with Crippen molar-refractivity contribution in [3.63, 3.8) is 0 Å². The van der Waals surface area contributed by atoms with Crippen LogP contribution in [0.25, 0.3) is 11.1 Å². The van der Waals surface area contributed by atoms with Gasteiger partial charge in [0.25, 0.3) is 0 Å². The van der Waals surface area contributed by atoms with Crippen molar-refractivity contribution in [2.45, 2.75) is 19.2 Å². The fraction of sp³-hybridized carbons (Fsp3) is 0.400. The molecule has 0 saturated carbocycles. The van der Waals surface area contributed by atoms with E-state index in [1.807, 2.05) is 31.4 Å². The number of benzene rings is 1. The van der Waals surface area contributed by atoms with Crippen LogP contribution in [0, 0.1) is 5.92 Å². The van der Waals surface area contributed by atoms with Gasteiger partial charge in [0.1, 0.15) is 5.37 Å². The van der Waals surface area contributed by atoms with E-state index >= 15 is 0 Å². The van der Waals surface area contributed by atoms with Crippen LogP contribution in [0.2, 0.25) is 0 Å². The van der Waals surface area contributed by atoms with Gasteiger partial charge in [-0.15, -0.1) is 11.8 Å². The Morgan fingerprint density at radius 3 is 2.60 bits per heavy atom. The number of amides is 1. The highest BCUT2D eigenvalue weighted by atomic mass is 32.2. The van der Waals surface area contributed by atoms with Crippen molar-refractivity contribution in [2.24, 2.45) is 5.92 Å². The van der Waals surface area contributed by atoms with Gasteiger partial charge in [0.05, 0.1) is 5.75 Å². The summed E-state index contributed by atoms with van der Waals surface area (Å²) in [5.41, 5.74) is 4.61. The summed E-state index contributed by atoms with van der Waals surface area (Å²) in [6.07, 6.45) is 3.74. The number of carbonyl (C=O) groups excluding carboxylic acids is 1. The van der Waals surface area contributed by atoms with E-state index in [4.69, 9.17) is 0 Å². The lowest BCUT2D eigenvalue weighted by atomic mass is 10.0. The number of carbonyl (C=O) groups is 1. The molecule has 0 bridgehead atoms. The molecule has 1 aliphatic rings. The molecule has 1 atom stereocenters. The van der Waals surface area contributed by atoms with Gasteiger partial charge in [-0.2, -0.15) is 0 Å². The highest BCUT2D eigenvalue weighted by Gasteiger charge is 2.34. The minimum Gasteiger partial charge on any atom is -0.378 e. The van der Waals surface area contributed by atoms with Crippen LogP contribution in [0.15, 0.2) is 42.7 Å². The third-order valence-corrected chi connectivity index (χ3v) is 5.58. The standard InChI is InChI=1S/C20H25N3OS/c1-14(2)12-23-19(24)13-25-20(23)18-11-21-10-9-17(18)15-5-7-16(8-6-15)22(3)4/h5-11,14,20H,12-13H2,1-4H3. The van der Waals surface area contributed by atoms with Crippen molar-refractivity contribution in [3.05, 3.63) is 48.3 Å². The molecule has 1 fully saturated rings. The summed E-state index contributed by atoms with van der Waals surface area (Å²) >= 11 is 1.70. The minimum atomic E-state index is 0.0483. The molecule has 0 spiro atoms. The molecule has 132 valence electrons. The van der Waals surface area contributed by atoms with Gasteiger partial charge < -0.3 is 9.80 Å². The van der Waals surface area contributed by atoms with Crippen molar-refractivity contribution >= 4 is 23.4 Å². The Hall–Kier alpha value is -2.01. The summed E-state index contributed by atoms with van der Waals surface area (Å²) in [6.45, 7) is 5.08. The maximum Gasteiger partial charge on any atom is 0.233 e. The molecule has 4 nitrogen and oxygen atoms in total. The van der Waals surface area contributed by atoms with Gasteiger partial charge >= 0.3 is 0 Å². The molecule has 0 N–H and O–H groups in total. The van der Waals surface area contributed by atoms with Crippen LogP contribution in [0.5, 0.6) is 0 Å². The molecule has 0 aliphatic carbocycles. The van der Waals surface area contributed by atoms with Gasteiger partial charge in [-0.25, -0.2) is 0 Å². The van der Waals surface area contributed by atoms with Gasteiger partial charge in [0, 0.05) is 44.3 Å². The van der Waals surface area contributed by atoms with Gasteiger partial charge in [0.2, 0.25) is 5.91 Å². The Kier molecular flexibility index (Phi) is 5.33. The second-order valence-corrected chi connectivity index (χ2v) is 8.08. The normalized spacial score (nSPS) is 17.4. The maximum atomic E-state index is 12.3. The Morgan fingerprint density at radius 1 is 1.24 bits per heavy atom. The zero-order valence-corrected chi connectivity index (χ0v) is 16.1. The summed E-state index contributed by atoms with van der Waals surface area (Å²) < 4.78 is 0. The molecule has 1 saturated heterocycles. The van der Waals surface area contributed by atoms with E-state index in [9.17, 15) is 4.79 Å². The van der Waals surface area contributed by atoms with E-state index in [1.165, 1.54) is 5.69 Å². The van der Waals surface area contributed by atoms with Crippen LogP contribution in [0.3, 0.4) is 0 Å². The smallest absolute Gasteiger partial charge is 0.233 e. The van der Waals surface area contributed by atoms with Crippen molar-refractivity contribution in [1.29, 1.82) is 0 Å². The second kappa shape index (κ2) is 7.48. The van der Waals surface area contributed by atoms with Crippen molar-refractivity contribution in [3.8, 4) is 11.1 Å². The molecule has 1 amide bonds. The average molecular weight is 356 g/mol. The molecule has 1 aromatic carbocycles. The first-order valence-electron chi connectivity index (χ1n) is 8.60. The number of nitrogens with zero attached hydrogens (tertiary/aromatic N) is 3. The van der Waals surface area contributed by atoms with E-state index < -0.39 is 0 Å². The summed E-state index contributed by atoms with van der Waals surface area (Å²) in [6, 6.07) is 10.6. The van der Waals surface area contributed by atoms with E-state index in [0.717, 1.165) is 23.2 Å². The van der Waals surface area contributed by atoms with E-state index in [-0.39, 0.29) is 11.3 Å². The van der Waals surface area contributed by atoms with Gasteiger partial charge in [-0.3, -0.25) is 9.78 Å². The number of hydrogen-bond acceptors (Lipinski definition) is 4. The molecule has 1 aromatic heterocycles. The minimum absolute atomic E-state index is 0.0483. The van der Waals surface area contributed by atoms with Crippen LogP contribution in [0.1, 0.15) is 24.8 Å². The number of anilines is 1. The zero-order valence-electron chi connectivity index (χ0n) is 15.3. The monoisotopic (exact) mass is 355 g/mol. The molecular weight excluding hydrogens is 330 g/mol. The second-order valence-electron chi connectivity index (χ2n) is 7.01. The van der Waals surface area contributed by atoms with Crippen molar-refractivity contribution < 1.29 is 4.79 Å². The molecule has 25 heavy (non-hydrogen) atoms. The molecule has 5 heteroatoms. The molecular formula is C20H25N3OS. The molecule has 0 radical (unpaired) electrons. The third-order valence-electron chi connectivity index (χ3n) is 4.34. The number of aromatic nitrogens is 1. The van der Waals surface area contributed by atoms with Gasteiger partial charge in [0.15, 0.2) is 0 Å². The Bertz CT molecular complexity index is 743. The van der Waals surface area contributed by atoms with Crippen molar-refractivity contribution in [2.75, 3.05) is 31.3 Å². The van der Waals surface area contributed by atoms with Gasteiger partial charge in [-0.1, -0.05) is 26.0 Å². The first kappa shape index (κ1) is 17.8. The fourth-order valence-corrected chi connectivity index (χ4v) is 4.33. The Balaban J connectivity index is 1.97. The fourth-order valence-electron chi connectivity index (χ4n) is 3.11. The highest BCUT2D eigenvalue weighted by molar-refractivity contribution is 8.00. The number of pyridine rings is 1. The summed E-state index contributed by atoms with van der Waals surface area (Å²) in [4.78, 5) is 20.8. The van der Waals surface area contributed by atoms with E-state index in [2.05, 4.69) is 54.1 Å². The topological polar surface area (TPSA) is 36.4 Å². The van der Waals surface area contributed by atoms with Crippen LogP contribution in [0.4, 0.5) is 5.69 Å². The van der Waals surface area contributed by atoms with Crippen molar-refractivity contribution in [1.82, 2.24) is 9.88 Å². The Labute approximate surface area is 154 Å². The number of thioether (sulfide) groups is 1. The first-order valence-corrected chi connectivity index (χ1v) is 9.65. The van der Waals surface area contributed by atoms with Crippen LogP contribution in [-0.2, 0) is 4.79 Å². The lowest BCUT2D eigenvalue weighted by molar-refractivity contribution is -0.128. The van der Waals surface area contributed by atoms with Crippen LogP contribution >= 0.6 is 11.8 Å².